The molecule has 1 aromatic rings. The van der Waals surface area contributed by atoms with Crippen LogP contribution in [0.2, 0.25) is 0 Å². The first-order valence-electron chi connectivity index (χ1n) is 5.50. The number of halogens is 1. The van der Waals surface area contributed by atoms with Gasteiger partial charge in [-0.25, -0.2) is 4.98 Å². The molecule has 4 nitrogen and oxygen atoms in total. The molecule has 1 heterocycles. The van der Waals surface area contributed by atoms with Crippen molar-refractivity contribution >= 4 is 27.4 Å². The fourth-order valence-corrected chi connectivity index (χ4v) is 1.75. The van der Waals surface area contributed by atoms with Crippen molar-refractivity contribution in [3.63, 3.8) is 0 Å². The first-order valence-corrected chi connectivity index (χ1v) is 6.29. The van der Waals surface area contributed by atoms with E-state index in [1.807, 2.05) is 6.07 Å². The largest absolute Gasteiger partial charge is 0.396 e. The van der Waals surface area contributed by atoms with E-state index >= 15 is 0 Å². The minimum atomic E-state index is 0.286. The molecule has 16 heavy (non-hydrogen) atoms. The van der Waals surface area contributed by atoms with Gasteiger partial charge in [0.15, 0.2) is 0 Å². The van der Waals surface area contributed by atoms with E-state index in [1.54, 1.807) is 6.20 Å². The summed E-state index contributed by atoms with van der Waals surface area (Å²) in [6.45, 7) is 1.15. The number of aliphatic hydroxyl groups is 1. The molecule has 5 heteroatoms. The van der Waals surface area contributed by atoms with Gasteiger partial charge in [0.05, 0.1) is 5.69 Å². The Morgan fingerprint density at radius 3 is 2.75 bits per heavy atom. The number of anilines is 2. The van der Waals surface area contributed by atoms with Gasteiger partial charge >= 0.3 is 0 Å². The van der Waals surface area contributed by atoms with Crippen LogP contribution >= 0.6 is 15.9 Å². The van der Waals surface area contributed by atoms with Crippen LogP contribution in [0.5, 0.6) is 0 Å². The van der Waals surface area contributed by atoms with Crippen LogP contribution in [-0.2, 0) is 0 Å². The Kier molecular flexibility index (Phi) is 6.18. The average molecular weight is 288 g/mol. The van der Waals surface area contributed by atoms with Crippen LogP contribution in [0.4, 0.5) is 11.5 Å². The van der Waals surface area contributed by atoms with Crippen LogP contribution in [0.3, 0.4) is 0 Å². The number of rotatable bonds is 7. The standard InChI is InChI=1S/C11H18BrN3O/c12-9-7-10(13)11(15-8-9)14-5-3-1-2-4-6-16/h7-8,16H,1-6,13H2,(H,14,15). The molecule has 0 aliphatic heterocycles. The predicted molar refractivity (Wildman–Crippen MR) is 70.4 cm³/mol. The Balaban J connectivity index is 2.21. The maximum atomic E-state index is 8.62. The molecule has 0 aliphatic carbocycles. The highest BCUT2D eigenvalue weighted by molar-refractivity contribution is 9.10. The fraction of sp³-hybridized carbons (Fsp3) is 0.545. The van der Waals surface area contributed by atoms with Crippen LogP contribution < -0.4 is 11.1 Å². The zero-order chi connectivity index (χ0) is 11.8. The summed E-state index contributed by atoms with van der Waals surface area (Å²) in [6, 6.07) is 1.83. The van der Waals surface area contributed by atoms with Crippen molar-refractivity contribution in [1.29, 1.82) is 0 Å². The molecule has 0 fully saturated rings. The lowest BCUT2D eigenvalue weighted by Crippen LogP contribution is -2.06. The van der Waals surface area contributed by atoms with E-state index in [2.05, 4.69) is 26.2 Å². The Bertz CT molecular complexity index is 320. The first-order chi connectivity index (χ1) is 7.74. The summed E-state index contributed by atoms with van der Waals surface area (Å²) < 4.78 is 0.887. The smallest absolute Gasteiger partial charge is 0.149 e. The van der Waals surface area contributed by atoms with Crippen molar-refractivity contribution in [3.8, 4) is 0 Å². The van der Waals surface area contributed by atoms with E-state index in [1.165, 1.54) is 0 Å². The number of pyridine rings is 1. The Morgan fingerprint density at radius 1 is 1.31 bits per heavy atom. The first kappa shape index (κ1) is 13.3. The summed E-state index contributed by atoms with van der Waals surface area (Å²) in [6.07, 6.45) is 5.87. The summed E-state index contributed by atoms with van der Waals surface area (Å²) in [5.41, 5.74) is 6.45. The number of hydrogen-bond donors (Lipinski definition) is 3. The average Bonchev–Trinajstić information content (AvgIpc) is 2.26. The lowest BCUT2D eigenvalue weighted by Gasteiger charge is -2.08. The molecule has 0 aliphatic rings. The van der Waals surface area contributed by atoms with Crippen molar-refractivity contribution in [2.75, 3.05) is 24.2 Å². The van der Waals surface area contributed by atoms with Crippen molar-refractivity contribution in [3.05, 3.63) is 16.7 Å². The van der Waals surface area contributed by atoms with Gasteiger partial charge in [0.1, 0.15) is 5.82 Å². The van der Waals surface area contributed by atoms with Crippen LogP contribution in [0.25, 0.3) is 0 Å². The number of nitrogens with one attached hydrogen (secondary N) is 1. The highest BCUT2D eigenvalue weighted by Crippen LogP contribution is 2.19. The number of hydrogen-bond acceptors (Lipinski definition) is 4. The second kappa shape index (κ2) is 7.46. The van der Waals surface area contributed by atoms with Crippen molar-refractivity contribution < 1.29 is 5.11 Å². The number of nitrogens with two attached hydrogens (primary N) is 1. The molecular formula is C11H18BrN3O. The Morgan fingerprint density at radius 2 is 2.06 bits per heavy atom. The lowest BCUT2D eigenvalue weighted by atomic mass is 10.2. The minimum absolute atomic E-state index is 0.286. The third kappa shape index (κ3) is 4.81. The quantitative estimate of drug-likeness (QED) is 0.674. The molecular weight excluding hydrogens is 270 g/mol. The minimum Gasteiger partial charge on any atom is -0.396 e. The molecule has 4 N–H and O–H groups in total. The van der Waals surface area contributed by atoms with E-state index in [-0.39, 0.29) is 6.61 Å². The van der Waals surface area contributed by atoms with Gasteiger partial charge in [-0.05, 0) is 34.8 Å². The molecule has 0 spiro atoms. The van der Waals surface area contributed by atoms with Crippen LogP contribution in [0, 0.1) is 0 Å². The second-order valence-electron chi connectivity index (χ2n) is 3.66. The summed E-state index contributed by atoms with van der Waals surface area (Å²) in [7, 11) is 0. The van der Waals surface area contributed by atoms with Gasteiger partial charge in [0, 0.05) is 23.8 Å². The molecule has 0 radical (unpaired) electrons. The number of nitrogen functional groups attached to an aromatic ring is 1. The normalized spacial score (nSPS) is 10.4. The summed E-state index contributed by atoms with van der Waals surface area (Å²) in [5.74, 6) is 0.741. The maximum Gasteiger partial charge on any atom is 0.149 e. The molecule has 0 aromatic carbocycles. The Labute approximate surface area is 104 Å². The third-order valence-electron chi connectivity index (χ3n) is 2.26. The summed E-state index contributed by atoms with van der Waals surface area (Å²) in [5, 5.41) is 11.8. The lowest BCUT2D eigenvalue weighted by molar-refractivity contribution is 0.283. The number of nitrogens with zero attached hydrogens (tertiary/aromatic N) is 1. The molecule has 1 aromatic heterocycles. The van der Waals surface area contributed by atoms with Gasteiger partial charge in [-0.15, -0.1) is 0 Å². The predicted octanol–water partition coefficient (Wildman–Crippen LogP) is 2.39. The van der Waals surface area contributed by atoms with Crippen molar-refractivity contribution in [2.24, 2.45) is 0 Å². The monoisotopic (exact) mass is 287 g/mol. The SMILES string of the molecule is Nc1cc(Br)cnc1NCCCCCCO. The summed E-state index contributed by atoms with van der Waals surface area (Å²) in [4.78, 5) is 4.19. The molecule has 90 valence electrons. The molecule has 0 amide bonds. The molecule has 0 bridgehead atoms. The topological polar surface area (TPSA) is 71.2 Å². The molecule has 1 rings (SSSR count). The van der Waals surface area contributed by atoms with E-state index in [9.17, 15) is 0 Å². The van der Waals surface area contributed by atoms with Gasteiger partial charge < -0.3 is 16.2 Å². The van der Waals surface area contributed by atoms with E-state index < -0.39 is 0 Å². The number of aromatic nitrogens is 1. The molecule has 0 unspecified atom stereocenters. The summed E-state index contributed by atoms with van der Waals surface area (Å²) >= 11 is 3.31. The molecule has 0 saturated heterocycles. The zero-order valence-corrected chi connectivity index (χ0v) is 10.8. The Hall–Kier alpha value is -0.810. The van der Waals surface area contributed by atoms with Crippen LogP contribution in [-0.4, -0.2) is 23.2 Å². The highest BCUT2D eigenvalue weighted by Gasteiger charge is 2.00. The van der Waals surface area contributed by atoms with Crippen LogP contribution in [0.15, 0.2) is 16.7 Å². The third-order valence-corrected chi connectivity index (χ3v) is 2.69. The maximum absolute atomic E-state index is 8.62. The van der Waals surface area contributed by atoms with E-state index in [0.29, 0.717) is 5.69 Å². The molecule has 0 atom stereocenters. The number of aliphatic hydroxyl groups excluding tert-OH is 1. The van der Waals surface area contributed by atoms with E-state index in [0.717, 1.165) is 42.5 Å². The molecule has 0 saturated carbocycles. The van der Waals surface area contributed by atoms with Gasteiger partial charge in [0.2, 0.25) is 0 Å². The van der Waals surface area contributed by atoms with Crippen LogP contribution in [0.1, 0.15) is 25.7 Å². The fourth-order valence-electron chi connectivity index (χ4n) is 1.40. The van der Waals surface area contributed by atoms with Crippen molar-refractivity contribution in [2.45, 2.75) is 25.7 Å². The van der Waals surface area contributed by atoms with Crippen molar-refractivity contribution in [1.82, 2.24) is 4.98 Å². The van der Waals surface area contributed by atoms with E-state index in [4.69, 9.17) is 10.8 Å². The second-order valence-corrected chi connectivity index (χ2v) is 4.57. The highest BCUT2D eigenvalue weighted by atomic mass is 79.9. The van der Waals surface area contributed by atoms with Gasteiger partial charge in [-0.2, -0.15) is 0 Å². The van der Waals surface area contributed by atoms with Gasteiger partial charge in [-0.3, -0.25) is 0 Å². The van der Waals surface area contributed by atoms with Gasteiger partial charge in [0.25, 0.3) is 0 Å². The zero-order valence-electron chi connectivity index (χ0n) is 9.25. The van der Waals surface area contributed by atoms with Gasteiger partial charge in [-0.1, -0.05) is 12.8 Å². The number of unbranched alkanes of at least 4 members (excludes halogenated alkanes) is 3.